The molecule has 0 N–H and O–H groups in total. The van der Waals surface area contributed by atoms with Gasteiger partial charge < -0.3 is 23.9 Å². The van der Waals surface area contributed by atoms with Gasteiger partial charge in [-0.15, -0.1) is 0 Å². The minimum atomic E-state index is 0.642. The molecule has 1 saturated heterocycles. The fourth-order valence-corrected chi connectivity index (χ4v) is 4.03. The summed E-state index contributed by atoms with van der Waals surface area (Å²) >= 11 is 0. The maximum atomic E-state index is 5.88. The summed E-state index contributed by atoms with van der Waals surface area (Å²) in [5, 5.41) is 0. The highest BCUT2D eigenvalue weighted by Crippen LogP contribution is 2.24. The number of nitrogens with zero attached hydrogens (tertiary/aromatic N) is 4. The van der Waals surface area contributed by atoms with E-state index in [2.05, 4.69) is 51.1 Å². The molecule has 0 bridgehead atoms. The molecule has 1 aliphatic rings. The Morgan fingerprint density at radius 1 is 0.968 bits per heavy atom. The Morgan fingerprint density at radius 3 is 2.42 bits per heavy atom. The quantitative estimate of drug-likeness (QED) is 0.506. The van der Waals surface area contributed by atoms with Gasteiger partial charge in [0, 0.05) is 38.4 Å². The Kier molecular flexibility index (Phi) is 6.77. The first-order chi connectivity index (χ1) is 15.1. The van der Waals surface area contributed by atoms with Crippen molar-refractivity contribution in [2.45, 2.75) is 32.5 Å². The van der Waals surface area contributed by atoms with Crippen molar-refractivity contribution in [3.63, 3.8) is 0 Å². The Balaban J connectivity index is 1.54. The molecule has 0 saturated carbocycles. The molecular weight excluding hydrogens is 388 g/mol. The van der Waals surface area contributed by atoms with Crippen molar-refractivity contribution in [3.8, 4) is 5.75 Å². The van der Waals surface area contributed by atoms with Crippen LogP contribution in [-0.4, -0.2) is 44.2 Å². The standard InChI is InChI=1S/C25H32N4O2/c1-27(2)18-22-19-31-25(26-22)29(17-21-7-6-8-24(15-21)30-3)16-20-9-11-23(12-10-20)28-13-4-5-14-28/h6-12,15,19H,4-5,13-14,16-18H2,1-3H3. The van der Waals surface area contributed by atoms with E-state index in [1.54, 1.807) is 13.4 Å². The van der Waals surface area contributed by atoms with Gasteiger partial charge in [-0.3, -0.25) is 0 Å². The van der Waals surface area contributed by atoms with Gasteiger partial charge in [-0.1, -0.05) is 24.3 Å². The van der Waals surface area contributed by atoms with Gasteiger partial charge in [-0.05, 0) is 62.3 Å². The van der Waals surface area contributed by atoms with Crippen LogP contribution in [0.4, 0.5) is 11.7 Å². The number of ether oxygens (including phenoxy) is 1. The Bertz CT molecular complexity index is 962. The maximum absolute atomic E-state index is 5.88. The first kappa shape index (κ1) is 21.2. The first-order valence-electron chi connectivity index (χ1n) is 10.9. The maximum Gasteiger partial charge on any atom is 0.298 e. The van der Waals surface area contributed by atoms with E-state index in [0.29, 0.717) is 12.6 Å². The van der Waals surface area contributed by atoms with Gasteiger partial charge in [0.1, 0.15) is 12.0 Å². The fourth-order valence-electron chi connectivity index (χ4n) is 4.03. The van der Waals surface area contributed by atoms with Crippen LogP contribution in [0.5, 0.6) is 5.75 Å². The molecule has 6 nitrogen and oxygen atoms in total. The van der Waals surface area contributed by atoms with Crippen LogP contribution in [0, 0.1) is 0 Å². The molecule has 1 fully saturated rings. The van der Waals surface area contributed by atoms with Gasteiger partial charge in [-0.2, -0.15) is 4.98 Å². The zero-order valence-corrected chi connectivity index (χ0v) is 18.8. The van der Waals surface area contributed by atoms with Crippen molar-refractivity contribution in [3.05, 3.63) is 71.6 Å². The Morgan fingerprint density at radius 2 is 1.71 bits per heavy atom. The summed E-state index contributed by atoms with van der Waals surface area (Å²) in [5.41, 5.74) is 4.63. The van der Waals surface area contributed by atoms with Gasteiger partial charge in [0.25, 0.3) is 6.01 Å². The predicted octanol–water partition coefficient (Wildman–Crippen LogP) is 4.55. The number of aromatic nitrogens is 1. The van der Waals surface area contributed by atoms with Crippen molar-refractivity contribution >= 4 is 11.7 Å². The predicted molar refractivity (Wildman–Crippen MR) is 125 cm³/mol. The number of methoxy groups -OCH3 is 1. The third kappa shape index (κ3) is 5.58. The molecule has 164 valence electrons. The lowest BCUT2D eigenvalue weighted by molar-refractivity contribution is 0.396. The van der Waals surface area contributed by atoms with Gasteiger partial charge in [0.05, 0.1) is 12.8 Å². The van der Waals surface area contributed by atoms with Crippen LogP contribution >= 0.6 is 0 Å². The van der Waals surface area contributed by atoms with Crippen LogP contribution in [0.2, 0.25) is 0 Å². The number of hydrogen-bond acceptors (Lipinski definition) is 6. The van der Waals surface area contributed by atoms with Gasteiger partial charge in [0.15, 0.2) is 0 Å². The molecule has 2 heterocycles. The number of oxazole rings is 1. The van der Waals surface area contributed by atoms with E-state index in [-0.39, 0.29) is 0 Å². The highest BCUT2D eigenvalue weighted by molar-refractivity contribution is 5.49. The molecule has 1 aromatic heterocycles. The summed E-state index contributed by atoms with van der Waals surface area (Å²) < 4.78 is 11.3. The highest BCUT2D eigenvalue weighted by Gasteiger charge is 2.17. The molecule has 4 rings (SSSR count). The van der Waals surface area contributed by atoms with Gasteiger partial charge in [-0.25, -0.2) is 0 Å². The average molecular weight is 421 g/mol. The first-order valence-corrected chi connectivity index (χ1v) is 10.9. The topological polar surface area (TPSA) is 45.0 Å². The molecule has 0 unspecified atom stereocenters. The molecule has 3 aromatic rings. The zero-order chi connectivity index (χ0) is 21.6. The number of anilines is 2. The molecule has 0 spiro atoms. The second-order valence-corrected chi connectivity index (χ2v) is 8.43. The lowest BCUT2D eigenvalue weighted by atomic mass is 10.1. The van der Waals surface area contributed by atoms with Crippen LogP contribution in [0.15, 0.2) is 59.2 Å². The fraction of sp³-hybridized carbons (Fsp3) is 0.400. The molecule has 6 heteroatoms. The van der Waals surface area contributed by atoms with Gasteiger partial charge >= 0.3 is 0 Å². The Hall–Kier alpha value is -2.99. The van der Waals surface area contributed by atoms with E-state index in [0.717, 1.165) is 43.2 Å². The monoisotopic (exact) mass is 420 g/mol. The van der Waals surface area contributed by atoms with E-state index < -0.39 is 0 Å². The summed E-state index contributed by atoms with van der Waals surface area (Å²) in [5.74, 6) is 0.855. The van der Waals surface area contributed by atoms with Crippen molar-refractivity contribution < 1.29 is 9.15 Å². The number of rotatable bonds is 9. The van der Waals surface area contributed by atoms with E-state index in [9.17, 15) is 0 Å². The van der Waals surface area contributed by atoms with Crippen molar-refractivity contribution in [2.75, 3.05) is 44.1 Å². The molecule has 0 atom stereocenters. The van der Waals surface area contributed by atoms with E-state index >= 15 is 0 Å². The molecule has 0 amide bonds. The molecule has 0 aliphatic carbocycles. The normalized spacial score (nSPS) is 13.7. The van der Waals surface area contributed by atoms with Crippen LogP contribution in [0.3, 0.4) is 0 Å². The Labute approximate surface area is 185 Å². The summed E-state index contributed by atoms with van der Waals surface area (Å²) in [7, 11) is 5.76. The lowest BCUT2D eigenvalue weighted by Gasteiger charge is -2.22. The van der Waals surface area contributed by atoms with E-state index in [1.165, 1.54) is 24.1 Å². The molecular formula is C25H32N4O2. The average Bonchev–Trinajstić information content (AvgIpc) is 3.46. The second kappa shape index (κ2) is 9.88. The largest absolute Gasteiger partial charge is 0.497 e. The van der Waals surface area contributed by atoms with Crippen LogP contribution < -0.4 is 14.5 Å². The van der Waals surface area contributed by atoms with Crippen molar-refractivity contribution in [1.29, 1.82) is 0 Å². The second-order valence-electron chi connectivity index (χ2n) is 8.43. The van der Waals surface area contributed by atoms with Gasteiger partial charge in [0.2, 0.25) is 0 Å². The molecule has 2 aromatic carbocycles. The minimum Gasteiger partial charge on any atom is -0.497 e. The van der Waals surface area contributed by atoms with Crippen LogP contribution in [0.1, 0.15) is 29.7 Å². The number of hydrogen-bond donors (Lipinski definition) is 0. The lowest BCUT2D eigenvalue weighted by Crippen LogP contribution is -2.23. The van der Waals surface area contributed by atoms with Crippen molar-refractivity contribution in [1.82, 2.24) is 9.88 Å². The number of benzene rings is 2. The molecule has 31 heavy (non-hydrogen) atoms. The molecule has 1 aliphatic heterocycles. The van der Waals surface area contributed by atoms with E-state index in [1.807, 2.05) is 26.2 Å². The highest BCUT2D eigenvalue weighted by atomic mass is 16.5. The minimum absolute atomic E-state index is 0.642. The van der Waals surface area contributed by atoms with Crippen LogP contribution in [0.25, 0.3) is 0 Å². The van der Waals surface area contributed by atoms with E-state index in [4.69, 9.17) is 14.1 Å². The van der Waals surface area contributed by atoms with Crippen molar-refractivity contribution in [2.24, 2.45) is 0 Å². The summed E-state index contributed by atoms with van der Waals surface area (Å²) in [4.78, 5) is 11.5. The zero-order valence-electron chi connectivity index (χ0n) is 18.8. The van der Waals surface area contributed by atoms with Crippen LogP contribution in [-0.2, 0) is 19.6 Å². The summed E-state index contributed by atoms with van der Waals surface area (Å²) in [6, 6.07) is 17.7. The summed E-state index contributed by atoms with van der Waals surface area (Å²) in [6.07, 6.45) is 4.33. The summed E-state index contributed by atoms with van der Waals surface area (Å²) in [6.45, 7) is 4.48. The third-order valence-electron chi connectivity index (χ3n) is 5.58. The third-order valence-corrected chi connectivity index (χ3v) is 5.58. The SMILES string of the molecule is COc1cccc(CN(Cc2ccc(N3CCCC3)cc2)c2nc(CN(C)C)co2)c1. The smallest absolute Gasteiger partial charge is 0.298 e. The molecule has 0 radical (unpaired) electrons.